The number of pyridine rings is 1. The Labute approximate surface area is 226 Å². The first kappa shape index (κ1) is 26.1. The highest BCUT2D eigenvalue weighted by atomic mass is 16.6. The van der Waals surface area contributed by atoms with E-state index in [1.807, 2.05) is 42.5 Å². The fourth-order valence-electron chi connectivity index (χ4n) is 5.21. The van der Waals surface area contributed by atoms with E-state index in [1.165, 1.54) is 25.1 Å². The van der Waals surface area contributed by atoms with Crippen LogP contribution in [0.4, 0.5) is 22.9 Å². The van der Waals surface area contributed by atoms with Crippen molar-refractivity contribution in [3.05, 3.63) is 88.1 Å². The van der Waals surface area contributed by atoms with Gasteiger partial charge in [-0.1, -0.05) is 30.3 Å². The fourth-order valence-corrected chi connectivity index (χ4v) is 5.21. The van der Waals surface area contributed by atoms with Gasteiger partial charge in [-0.15, -0.1) is 0 Å². The number of nitro groups is 1. The van der Waals surface area contributed by atoms with Crippen LogP contribution < -0.4 is 15.1 Å². The zero-order chi connectivity index (χ0) is 27.7. The summed E-state index contributed by atoms with van der Waals surface area (Å²) >= 11 is 0. The predicted octanol–water partition coefficient (Wildman–Crippen LogP) is 4.39. The van der Waals surface area contributed by atoms with Crippen LogP contribution in [0.1, 0.15) is 30.9 Å². The molecular formula is C29H30N6O4. The highest BCUT2D eigenvalue weighted by molar-refractivity contribution is 6.43. The number of hydrogen-bond donors (Lipinski definition) is 1. The van der Waals surface area contributed by atoms with Gasteiger partial charge < -0.3 is 15.1 Å². The summed E-state index contributed by atoms with van der Waals surface area (Å²) in [6, 6.07) is 17.9. The number of nitrogens with one attached hydrogen (secondary N) is 1. The van der Waals surface area contributed by atoms with Crippen LogP contribution in [0, 0.1) is 10.1 Å². The van der Waals surface area contributed by atoms with Crippen molar-refractivity contribution >= 4 is 46.0 Å². The van der Waals surface area contributed by atoms with Crippen LogP contribution >= 0.6 is 0 Å². The maximum atomic E-state index is 13.6. The molecule has 0 bridgehead atoms. The standard InChI is InChI=1S/C29H30N6O4/c1-19(36)34-25-17-23(35(38)39)10-11-24(25)27(29(34)37)28(20-7-5-4-6-8-20)31-21-9-12-26(30-18-21)33-15-13-22(14-16-33)32(2)3/h4-12,17-18,22,31H,13-16H2,1-3H3/b28-27-. The highest BCUT2D eigenvalue weighted by Crippen LogP contribution is 2.43. The Morgan fingerprint density at radius 2 is 1.79 bits per heavy atom. The van der Waals surface area contributed by atoms with Crippen molar-refractivity contribution in [2.24, 2.45) is 0 Å². The number of aromatic nitrogens is 1. The lowest BCUT2D eigenvalue weighted by Crippen LogP contribution is -2.42. The van der Waals surface area contributed by atoms with Crippen molar-refractivity contribution in [1.29, 1.82) is 0 Å². The lowest BCUT2D eigenvalue weighted by molar-refractivity contribution is -0.384. The molecule has 3 aromatic rings. The van der Waals surface area contributed by atoms with Crippen LogP contribution in [0.2, 0.25) is 0 Å². The van der Waals surface area contributed by atoms with Crippen LogP contribution in [0.25, 0.3) is 11.3 Å². The second kappa shape index (κ2) is 10.7. The minimum Gasteiger partial charge on any atom is -0.357 e. The molecule has 39 heavy (non-hydrogen) atoms. The van der Waals surface area contributed by atoms with Crippen molar-refractivity contribution in [3.8, 4) is 0 Å². The lowest BCUT2D eigenvalue weighted by atomic mass is 10.00. The van der Waals surface area contributed by atoms with Gasteiger partial charge in [0.1, 0.15) is 5.82 Å². The third-order valence-corrected chi connectivity index (χ3v) is 7.28. The van der Waals surface area contributed by atoms with Crippen LogP contribution in [-0.4, -0.2) is 59.8 Å². The number of nitro benzene ring substituents is 1. The van der Waals surface area contributed by atoms with Crippen molar-refractivity contribution in [1.82, 2.24) is 9.88 Å². The molecule has 10 heteroatoms. The maximum absolute atomic E-state index is 13.6. The average molecular weight is 527 g/mol. The van der Waals surface area contributed by atoms with Gasteiger partial charge in [0.05, 0.1) is 33.8 Å². The van der Waals surface area contributed by atoms with Crippen molar-refractivity contribution in [2.75, 3.05) is 42.3 Å². The molecule has 2 amide bonds. The Morgan fingerprint density at radius 1 is 1.08 bits per heavy atom. The Kier molecular flexibility index (Phi) is 7.12. The fraction of sp³-hybridized carbons (Fsp3) is 0.276. The van der Waals surface area contributed by atoms with E-state index < -0.39 is 16.7 Å². The molecule has 2 aliphatic rings. The molecule has 0 unspecified atom stereocenters. The van der Waals surface area contributed by atoms with E-state index in [0.29, 0.717) is 23.0 Å². The van der Waals surface area contributed by atoms with Crippen LogP contribution in [0.3, 0.4) is 0 Å². The van der Waals surface area contributed by atoms with Gasteiger partial charge in [-0.3, -0.25) is 19.7 Å². The van der Waals surface area contributed by atoms with Gasteiger partial charge in [0.2, 0.25) is 5.91 Å². The molecule has 0 aliphatic carbocycles. The molecule has 5 rings (SSSR count). The van der Waals surface area contributed by atoms with Gasteiger partial charge in [0.25, 0.3) is 11.6 Å². The first-order chi connectivity index (χ1) is 18.7. The van der Waals surface area contributed by atoms with E-state index in [1.54, 1.807) is 6.20 Å². The number of rotatable bonds is 6. The number of fused-ring (bicyclic) bond motifs is 1. The number of nitrogens with zero attached hydrogens (tertiary/aromatic N) is 5. The maximum Gasteiger partial charge on any atom is 0.271 e. The molecule has 0 saturated carbocycles. The van der Waals surface area contributed by atoms with Gasteiger partial charge in [-0.25, -0.2) is 9.88 Å². The van der Waals surface area contributed by atoms with Gasteiger partial charge in [0.15, 0.2) is 0 Å². The van der Waals surface area contributed by atoms with Crippen LogP contribution in [0.15, 0.2) is 66.9 Å². The molecule has 2 aromatic carbocycles. The summed E-state index contributed by atoms with van der Waals surface area (Å²) < 4.78 is 0. The number of benzene rings is 2. The summed E-state index contributed by atoms with van der Waals surface area (Å²) in [6.45, 7) is 3.13. The van der Waals surface area contributed by atoms with E-state index in [2.05, 4.69) is 34.2 Å². The smallest absolute Gasteiger partial charge is 0.271 e. The summed E-state index contributed by atoms with van der Waals surface area (Å²) in [5.74, 6) is -0.171. The molecule has 1 aromatic heterocycles. The normalized spacial score (nSPS) is 16.9. The number of anilines is 3. The molecule has 1 N–H and O–H groups in total. The number of imide groups is 1. The second-order valence-electron chi connectivity index (χ2n) is 9.95. The molecule has 3 heterocycles. The number of amides is 2. The zero-order valence-electron chi connectivity index (χ0n) is 22.1. The summed E-state index contributed by atoms with van der Waals surface area (Å²) in [4.78, 5) is 47.2. The number of piperidine rings is 1. The molecule has 0 atom stereocenters. The second-order valence-corrected chi connectivity index (χ2v) is 9.95. The average Bonchev–Trinajstić information content (AvgIpc) is 3.23. The minimum absolute atomic E-state index is 0.196. The Morgan fingerprint density at radius 3 is 2.38 bits per heavy atom. The summed E-state index contributed by atoms with van der Waals surface area (Å²) in [5, 5.41) is 14.8. The third kappa shape index (κ3) is 5.10. The van der Waals surface area contributed by atoms with E-state index >= 15 is 0 Å². The predicted molar refractivity (Wildman–Crippen MR) is 151 cm³/mol. The molecule has 2 aliphatic heterocycles. The SMILES string of the molecule is CC(=O)N1C(=O)/C(=C(\Nc2ccc(N3CCC(N(C)C)CC3)nc2)c2ccccc2)c2ccc([N+](=O)[O-])cc21. The Bertz CT molecular complexity index is 1440. The Balaban J connectivity index is 1.52. The molecular weight excluding hydrogens is 496 g/mol. The van der Waals surface area contributed by atoms with Gasteiger partial charge in [-0.2, -0.15) is 0 Å². The van der Waals surface area contributed by atoms with Crippen molar-refractivity contribution in [2.45, 2.75) is 25.8 Å². The topological polar surface area (TPSA) is 112 Å². The van der Waals surface area contributed by atoms with E-state index in [9.17, 15) is 19.7 Å². The summed E-state index contributed by atoms with van der Waals surface area (Å²) in [7, 11) is 4.23. The minimum atomic E-state index is -0.544. The largest absolute Gasteiger partial charge is 0.357 e. The molecule has 200 valence electrons. The first-order valence-electron chi connectivity index (χ1n) is 12.8. The van der Waals surface area contributed by atoms with Crippen molar-refractivity contribution < 1.29 is 14.5 Å². The monoisotopic (exact) mass is 526 g/mol. The molecule has 0 spiro atoms. The molecule has 10 nitrogen and oxygen atoms in total. The number of non-ortho nitro benzene ring substituents is 1. The third-order valence-electron chi connectivity index (χ3n) is 7.28. The van der Waals surface area contributed by atoms with E-state index in [-0.39, 0.29) is 16.9 Å². The number of hydrogen-bond acceptors (Lipinski definition) is 8. The highest BCUT2D eigenvalue weighted by Gasteiger charge is 2.38. The van der Waals surface area contributed by atoms with Crippen LogP contribution in [-0.2, 0) is 9.59 Å². The first-order valence-corrected chi connectivity index (χ1v) is 12.8. The molecule has 1 saturated heterocycles. The van der Waals surface area contributed by atoms with Gasteiger partial charge >= 0.3 is 0 Å². The zero-order valence-corrected chi connectivity index (χ0v) is 22.1. The van der Waals surface area contributed by atoms with E-state index in [4.69, 9.17) is 0 Å². The Hall–Kier alpha value is -4.57. The molecule has 0 radical (unpaired) electrons. The number of carbonyl (C=O) groups is 2. The van der Waals surface area contributed by atoms with Gasteiger partial charge in [0, 0.05) is 43.8 Å². The number of carbonyl (C=O) groups excluding carboxylic acids is 2. The lowest BCUT2D eigenvalue weighted by Gasteiger charge is -2.35. The van der Waals surface area contributed by atoms with Crippen molar-refractivity contribution in [3.63, 3.8) is 0 Å². The van der Waals surface area contributed by atoms with Gasteiger partial charge in [-0.05, 0) is 50.7 Å². The quantitative estimate of drug-likeness (QED) is 0.286. The van der Waals surface area contributed by atoms with Crippen LogP contribution in [0.5, 0.6) is 0 Å². The van der Waals surface area contributed by atoms with E-state index in [0.717, 1.165) is 42.2 Å². The summed E-state index contributed by atoms with van der Waals surface area (Å²) in [6.07, 6.45) is 3.88. The molecule has 1 fully saturated rings. The summed E-state index contributed by atoms with van der Waals surface area (Å²) in [5.41, 5.74) is 2.59.